The molecule has 1 fully saturated rings. The summed E-state index contributed by atoms with van der Waals surface area (Å²) in [5.41, 5.74) is 6.31. The molecule has 7 nitrogen and oxygen atoms in total. The van der Waals surface area contributed by atoms with Crippen LogP contribution in [-0.2, 0) is 4.79 Å². The number of rotatable bonds is 8. The van der Waals surface area contributed by atoms with Crippen molar-refractivity contribution >= 4 is 17.5 Å². The number of nitrogens with two attached hydrogens (primary N) is 1. The van der Waals surface area contributed by atoms with Crippen LogP contribution < -0.4 is 15.8 Å². The second-order valence-electron chi connectivity index (χ2n) is 7.15. The van der Waals surface area contributed by atoms with E-state index >= 15 is 0 Å². The Kier molecular flexibility index (Phi) is 7.21. The van der Waals surface area contributed by atoms with Crippen LogP contribution >= 0.6 is 0 Å². The van der Waals surface area contributed by atoms with Gasteiger partial charge in [0, 0.05) is 44.0 Å². The minimum atomic E-state index is -0.483. The van der Waals surface area contributed by atoms with Crippen molar-refractivity contribution in [3.05, 3.63) is 60.2 Å². The highest BCUT2D eigenvalue weighted by Gasteiger charge is 2.25. The highest BCUT2D eigenvalue weighted by molar-refractivity contribution is 5.96. The molecule has 7 heteroatoms. The Labute approximate surface area is 171 Å². The van der Waals surface area contributed by atoms with E-state index in [0.29, 0.717) is 17.9 Å². The topological polar surface area (TPSA) is 87.9 Å². The van der Waals surface area contributed by atoms with Crippen LogP contribution in [0.15, 0.2) is 54.6 Å². The molecule has 0 unspecified atom stereocenters. The second-order valence-corrected chi connectivity index (χ2v) is 7.15. The molecule has 2 aromatic carbocycles. The summed E-state index contributed by atoms with van der Waals surface area (Å²) in [6.45, 7) is 6.92. The second kappa shape index (κ2) is 10.0. The number of primary amides is 1. The highest BCUT2D eigenvalue weighted by Crippen LogP contribution is 2.13. The largest absolute Gasteiger partial charge is 0.492 e. The normalized spacial score (nSPS) is 16.2. The number of carbonyl (C=O) groups is 2. The van der Waals surface area contributed by atoms with Crippen molar-refractivity contribution in [2.75, 3.05) is 44.6 Å². The molecule has 0 aromatic heterocycles. The predicted octanol–water partition coefficient (Wildman–Crippen LogP) is 1.81. The SMILES string of the molecule is C[C@H](C(=O)Nc1ccc(C(N)=O)cc1)N1CCN(CCOc2ccccc2)CC1. The summed E-state index contributed by atoms with van der Waals surface area (Å²) in [5.74, 6) is 0.348. The molecule has 0 spiro atoms. The molecule has 1 heterocycles. The zero-order valence-corrected chi connectivity index (χ0v) is 16.7. The van der Waals surface area contributed by atoms with Crippen molar-refractivity contribution < 1.29 is 14.3 Å². The van der Waals surface area contributed by atoms with Crippen LogP contribution in [0.1, 0.15) is 17.3 Å². The summed E-state index contributed by atoms with van der Waals surface area (Å²) >= 11 is 0. The van der Waals surface area contributed by atoms with Crippen LogP contribution in [0.2, 0.25) is 0 Å². The minimum absolute atomic E-state index is 0.0577. The first-order chi connectivity index (χ1) is 14.0. The first-order valence-corrected chi connectivity index (χ1v) is 9.88. The molecule has 0 aliphatic carbocycles. The Morgan fingerprint density at radius 2 is 1.69 bits per heavy atom. The summed E-state index contributed by atoms with van der Waals surface area (Å²) in [4.78, 5) is 28.2. The summed E-state index contributed by atoms with van der Waals surface area (Å²) in [6, 6.07) is 16.2. The van der Waals surface area contributed by atoms with Crippen molar-refractivity contribution in [2.45, 2.75) is 13.0 Å². The highest BCUT2D eigenvalue weighted by atomic mass is 16.5. The third-order valence-electron chi connectivity index (χ3n) is 5.19. The number of ether oxygens (including phenoxy) is 1. The average Bonchev–Trinajstić information content (AvgIpc) is 2.75. The summed E-state index contributed by atoms with van der Waals surface area (Å²) in [5, 5.41) is 2.90. The number of hydrogen-bond donors (Lipinski definition) is 2. The zero-order chi connectivity index (χ0) is 20.6. The molecular weight excluding hydrogens is 368 g/mol. The lowest BCUT2D eigenvalue weighted by molar-refractivity contribution is -0.121. The number of amides is 2. The lowest BCUT2D eigenvalue weighted by Gasteiger charge is -2.37. The molecule has 1 aliphatic heterocycles. The van der Waals surface area contributed by atoms with E-state index in [0.717, 1.165) is 38.5 Å². The van der Waals surface area contributed by atoms with Gasteiger partial charge in [-0.3, -0.25) is 19.4 Å². The summed E-state index contributed by atoms with van der Waals surface area (Å²) < 4.78 is 5.76. The van der Waals surface area contributed by atoms with Gasteiger partial charge >= 0.3 is 0 Å². The van der Waals surface area contributed by atoms with Crippen molar-refractivity contribution in [2.24, 2.45) is 5.73 Å². The quantitative estimate of drug-likeness (QED) is 0.711. The van der Waals surface area contributed by atoms with Gasteiger partial charge in [0.05, 0.1) is 6.04 Å². The van der Waals surface area contributed by atoms with Crippen molar-refractivity contribution in [1.82, 2.24) is 9.80 Å². The number of anilines is 1. The molecule has 3 N–H and O–H groups in total. The lowest BCUT2D eigenvalue weighted by Crippen LogP contribution is -2.53. The molecule has 154 valence electrons. The standard InChI is InChI=1S/C22H28N4O3/c1-17(22(28)24-19-9-7-18(8-10-19)21(23)27)26-13-11-25(12-14-26)15-16-29-20-5-3-2-4-6-20/h2-10,17H,11-16H2,1H3,(H2,23,27)(H,24,28)/t17-/m1/s1. The maximum Gasteiger partial charge on any atom is 0.248 e. The Hall–Kier alpha value is -2.90. The van der Waals surface area contributed by atoms with Crippen molar-refractivity contribution in [1.29, 1.82) is 0 Å². The average molecular weight is 396 g/mol. The van der Waals surface area contributed by atoms with Gasteiger partial charge in [-0.2, -0.15) is 0 Å². The third kappa shape index (κ3) is 6.04. The van der Waals surface area contributed by atoms with Crippen LogP contribution in [0, 0.1) is 0 Å². The number of carbonyl (C=O) groups excluding carboxylic acids is 2. The van der Waals surface area contributed by atoms with Crippen LogP contribution in [0.4, 0.5) is 5.69 Å². The van der Waals surface area contributed by atoms with E-state index in [1.807, 2.05) is 37.3 Å². The Morgan fingerprint density at radius 1 is 1.03 bits per heavy atom. The van der Waals surface area contributed by atoms with E-state index < -0.39 is 5.91 Å². The van der Waals surface area contributed by atoms with Crippen molar-refractivity contribution in [3.63, 3.8) is 0 Å². The van der Waals surface area contributed by atoms with Gasteiger partial charge in [-0.1, -0.05) is 18.2 Å². The van der Waals surface area contributed by atoms with Gasteiger partial charge in [0.15, 0.2) is 0 Å². The molecule has 2 aromatic rings. The van der Waals surface area contributed by atoms with E-state index in [9.17, 15) is 9.59 Å². The molecule has 1 saturated heterocycles. The number of benzene rings is 2. The molecule has 29 heavy (non-hydrogen) atoms. The smallest absolute Gasteiger partial charge is 0.248 e. The monoisotopic (exact) mass is 396 g/mol. The van der Waals surface area contributed by atoms with E-state index in [2.05, 4.69) is 15.1 Å². The number of nitrogens with zero attached hydrogens (tertiary/aromatic N) is 2. The van der Waals surface area contributed by atoms with Gasteiger partial charge in [-0.25, -0.2) is 0 Å². The minimum Gasteiger partial charge on any atom is -0.492 e. The number of hydrogen-bond acceptors (Lipinski definition) is 5. The number of para-hydroxylation sites is 1. The molecule has 3 rings (SSSR count). The van der Waals surface area contributed by atoms with Gasteiger partial charge in [0.2, 0.25) is 11.8 Å². The van der Waals surface area contributed by atoms with E-state index in [1.165, 1.54) is 0 Å². The number of piperazine rings is 1. The van der Waals surface area contributed by atoms with Gasteiger partial charge in [0.25, 0.3) is 0 Å². The van der Waals surface area contributed by atoms with Gasteiger partial charge < -0.3 is 15.8 Å². The predicted molar refractivity (Wildman–Crippen MR) is 113 cm³/mol. The first-order valence-electron chi connectivity index (χ1n) is 9.88. The molecule has 2 amide bonds. The summed E-state index contributed by atoms with van der Waals surface area (Å²) in [6.07, 6.45) is 0. The van der Waals surface area contributed by atoms with E-state index in [1.54, 1.807) is 24.3 Å². The third-order valence-corrected chi connectivity index (χ3v) is 5.19. The zero-order valence-electron chi connectivity index (χ0n) is 16.7. The van der Waals surface area contributed by atoms with Crippen LogP contribution in [-0.4, -0.2) is 67.0 Å². The Morgan fingerprint density at radius 3 is 2.31 bits per heavy atom. The fraction of sp³-hybridized carbons (Fsp3) is 0.364. The van der Waals surface area contributed by atoms with Crippen LogP contribution in [0.25, 0.3) is 0 Å². The molecule has 0 saturated carbocycles. The maximum absolute atomic E-state index is 12.6. The van der Waals surface area contributed by atoms with E-state index in [-0.39, 0.29) is 11.9 Å². The van der Waals surface area contributed by atoms with Gasteiger partial charge in [-0.05, 0) is 43.3 Å². The molecular formula is C22H28N4O3. The van der Waals surface area contributed by atoms with Crippen LogP contribution in [0.5, 0.6) is 5.75 Å². The maximum atomic E-state index is 12.6. The Balaban J connectivity index is 1.40. The van der Waals surface area contributed by atoms with Gasteiger partial charge in [0.1, 0.15) is 12.4 Å². The first kappa shape index (κ1) is 20.8. The fourth-order valence-corrected chi connectivity index (χ4v) is 3.31. The molecule has 0 bridgehead atoms. The summed E-state index contributed by atoms with van der Waals surface area (Å²) in [7, 11) is 0. The number of nitrogens with one attached hydrogen (secondary N) is 1. The van der Waals surface area contributed by atoms with E-state index in [4.69, 9.17) is 10.5 Å². The molecule has 1 aliphatic rings. The van der Waals surface area contributed by atoms with Crippen LogP contribution in [0.3, 0.4) is 0 Å². The lowest BCUT2D eigenvalue weighted by atomic mass is 10.1. The molecule has 0 radical (unpaired) electrons. The Bertz CT molecular complexity index is 803. The van der Waals surface area contributed by atoms with Crippen molar-refractivity contribution in [3.8, 4) is 5.75 Å². The molecule has 1 atom stereocenters. The fourth-order valence-electron chi connectivity index (χ4n) is 3.31. The van der Waals surface area contributed by atoms with Gasteiger partial charge in [-0.15, -0.1) is 0 Å².